The zero-order valence-corrected chi connectivity index (χ0v) is 26.2. The van der Waals surface area contributed by atoms with Crippen molar-refractivity contribution in [1.82, 2.24) is 14.9 Å². The molecule has 0 atom stereocenters. The second-order valence-electron chi connectivity index (χ2n) is 12.5. The van der Waals surface area contributed by atoms with Gasteiger partial charge in [-0.25, -0.2) is 9.37 Å². The first-order valence-electron chi connectivity index (χ1n) is 14.7. The van der Waals surface area contributed by atoms with Gasteiger partial charge in [0.05, 0.1) is 20.4 Å². The number of aromatic nitrogens is 2. The summed E-state index contributed by atoms with van der Waals surface area (Å²) >= 11 is 0. The number of halogens is 1. The third kappa shape index (κ3) is 6.75. The van der Waals surface area contributed by atoms with Gasteiger partial charge in [-0.3, -0.25) is 4.90 Å². The second kappa shape index (κ2) is 12.2. The fourth-order valence-electron chi connectivity index (χ4n) is 6.17. The molecular weight excluding hydrogens is 541 g/mol. The molecule has 1 fully saturated rings. The fraction of sp³-hybridized carbons (Fsp3) is 0.371. The summed E-state index contributed by atoms with van der Waals surface area (Å²) in [6, 6.07) is 24.3. The van der Waals surface area contributed by atoms with Crippen LogP contribution < -0.4 is 19.7 Å². The van der Waals surface area contributed by atoms with Crippen molar-refractivity contribution in [2.75, 3.05) is 31.5 Å². The first kappa shape index (κ1) is 30.3. The molecule has 0 saturated carbocycles. The lowest BCUT2D eigenvalue weighted by atomic mass is 9.77. The van der Waals surface area contributed by atoms with E-state index in [9.17, 15) is 0 Å². The molecule has 1 saturated heterocycles. The fourth-order valence-corrected chi connectivity index (χ4v) is 6.17. The van der Waals surface area contributed by atoms with Gasteiger partial charge in [-0.05, 0) is 64.3 Å². The summed E-state index contributed by atoms with van der Waals surface area (Å²) in [4.78, 5) is 13.6. The third-order valence-electron chi connectivity index (χ3n) is 8.75. The molecule has 0 unspecified atom stereocenters. The summed E-state index contributed by atoms with van der Waals surface area (Å²) < 4.78 is 26.6. The first-order chi connectivity index (χ1) is 20.5. The van der Waals surface area contributed by atoms with Crippen molar-refractivity contribution in [2.45, 2.75) is 64.2 Å². The molecule has 0 radical (unpaired) electrons. The molecule has 226 valence electrons. The lowest BCUT2D eigenvalue weighted by molar-refractivity contribution is -0.0132. The highest BCUT2D eigenvalue weighted by Gasteiger charge is 2.45. The lowest BCUT2D eigenvalue weighted by Gasteiger charge is -2.55. The summed E-state index contributed by atoms with van der Waals surface area (Å²) in [5.41, 5.74) is 3.88. The van der Waals surface area contributed by atoms with Crippen LogP contribution in [-0.2, 0) is 6.54 Å². The summed E-state index contributed by atoms with van der Waals surface area (Å²) in [5, 5.41) is 3.22. The SMILES string of the molecule is COc1cc(Nc2ncc(F)c(N(Cc3ccc(-c4ccccc4)cc3)C3CC(C)(C)N(C)C(C)(C)C3)n2)cc(OC)c1. The molecule has 0 aliphatic carbocycles. The van der Waals surface area contributed by atoms with Gasteiger partial charge in [-0.15, -0.1) is 0 Å². The van der Waals surface area contributed by atoms with Crippen molar-refractivity contribution in [1.29, 1.82) is 0 Å². The highest BCUT2D eigenvalue weighted by molar-refractivity contribution is 5.64. The largest absolute Gasteiger partial charge is 0.497 e. The molecule has 5 rings (SSSR count). The van der Waals surface area contributed by atoms with E-state index in [4.69, 9.17) is 14.5 Å². The highest BCUT2D eigenvalue weighted by Crippen LogP contribution is 2.41. The number of likely N-dealkylation sites (tertiary alicyclic amines) is 1. The van der Waals surface area contributed by atoms with Crippen LogP contribution in [0.3, 0.4) is 0 Å². The van der Waals surface area contributed by atoms with Gasteiger partial charge in [0.1, 0.15) is 11.5 Å². The number of rotatable bonds is 9. The van der Waals surface area contributed by atoms with Crippen LogP contribution in [0.25, 0.3) is 11.1 Å². The van der Waals surface area contributed by atoms with Crippen molar-refractivity contribution in [2.24, 2.45) is 0 Å². The minimum Gasteiger partial charge on any atom is -0.497 e. The smallest absolute Gasteiger partial charge is 0.229 e. The molecular formula is C35H42FN5O2. The Kier molecular flexibility index (Phi) is 8.60. The van der Waals surface area contributed by atoms with Crippen LogP contribution in [0.1, 0.15) is 46.1 Å². The van der Waals surface area contributed by atoms with Crippen LogP contribution in [0.5, 0.6) is 11.5 Å². The number of ether oxygens (including phenoxy) is 2. The van der Waals surface area contributed by atoms with Crippen LogP contribution >= 0.6 is 0 Å². The Morgan fingerprint density at radius 2 is 1.47 bits per heavy atom. The maximum Gasteiger partial charge on any atom is 0.229 e. The van der Waals surface area contributed by atoms with Gasteiger partial charge in [0.25, 0.3) is 0 Å². The summed E-state index contributed by atoms with van der Waals surface area (Å²) in [6.45, 7) is 9.54. The van der Waals surface area contributed by atoms with Crippen LogP contribution in [-0.4, -0.2) is 53.3 Å². The van der Waals surface area contributed by atoms with Gasteiger partial charge in [0.15, 0.2) is 11.6 Å². The van der Waals surface area contributed by atoms with Crippen molar-refractivity contribution in [3.63, 3.8) is 0 Å². The average molecular weight is 584 g/mol. The van der Waals surface area contributed by atoms with Crippen LogP contribution in [0.4, 0.5) is 21.8 Å². The summed E-state index contributed by atoms with van der Waals surface area (Å²) in [5.74, 6) is 1.37. The molecule has 1 aliphatic heterocycles. The zero-order valence-electron chi connectivity index (χ0n) is 26.2. The minimum absolute atomic E-state index is 0.0455. The molecule has 8 heteroatoms. The zero-order chi connectivity index (χ0) is 30.8. The van der Waals surface area contributed by atoms with E-state index in [-0.39, 0.29) is 22.9 Å². The Hall–Kier alpha value is -4.17. The van der Waals surface area contributed by atoms with Gasteiger partial charge in [-0.1, -0.05) is 54.6 Å². The number of hydrogen-bond acceptors (Lipinski definition) is 7. The minimum atomic E-state index is -0.454. The maximum absolute atomic E-state index is 15.8. The van der Waals surface area contributed by atoms with Gasteiger partial charge in [0, 0.05) is 47.6 Å². The number of nitrogens with zero attached hydrogens (tertiary/aromatic N) is 4. The van der Waals surface area contributed by atoms with E-state index in [0.717, 1.165) is 29.5 Å². The van der Waals surface area contributed by atoms with E-state index in [0.29, 0.717) is 29.7 Å². The Morgan fingerprint density at radius 3 is 2.05 bits per heavy atom. The van der Waals surface area contributed by atoms with Crippen LogP contribution in [0, 0.1) is 5.82 Å². The predicted molar refractivity (Wildman–Crippen MR) is 172 cm³/mol. The normalized spacial score (nSPS) is 16.5. The number of piperidine rings is 1. The average Bonchev–Trinajstić information content (AvgIpc) is 3.00. The van der Waals surface area contributed by atoms with Crippen molar-refractivity contribution in [3.05, 3.63) is 90.4 Å². The predicted octanol–water partition coefficient (Wildman–Crippen LogP) is 7.70. The number of nitrogens with one attached hydrogen (secondary N) is 1. The molecule has 1 aliphatic rings. The monoisotopic (exact) mass is 583 g/mol. The van der Waals surface area contributed by atoms with E-state index in [1.165, 1.54) is 6.20 Å². The lowest BCUT2D eigenvalue weighted by Crippen LogP contribution is -2.62. The number of benzene rings is 3. The maximum atomic E-state index is 15.8. The summed E-state index contributed by atoms with van der Waals surface area (Å²) in [7, 11) is 5.37. The molecule has 2 heterocycles. The van der Waals surface area contributed by atoms with E-state index in [1.807, 2.05) is 30.3 Å². The standard InChI is InChI=1S/C35H42FN5O2/c1-34(2)20-28(21-35(3,4)40(34)5)41(23-24-13-15-26(16-14-24)25-11-9-8-10-12-25)32-31(36)22-37-33(39-32)38-27-17-29(42-6)19-30(18-27)43-7/h8-19,22,28H,20-21,23H2,1-7H3,(H,37,38,39). The van der Waals surface area contributed by atoms with Crippen molar-refractivity contribution >= 4 is 17.5 Å². The molecule has 0 spiro atoms. The molecule has 1 N–H and O–H groups in total. The Labute approximate surface area is 254 Å². The molecule has 0 bridgehead atoms. The molecule has 3 aromatic carbocycles. The van der Waals surface area contributed by atoms with Crippen molar-refractivity contribution < 1.29 is 13.9 Å². The number of anilines is 3. The highest BCUT2D eigenvalue weighted by atomic mass is 19.1. The van der Waals surface area contributed by atoms with Crippen molar-refractivity contribution in [3.8, 4) is 22.6 Å². The van der Waals surface area contributed by atoms with E-state index < -0.39 is 5.82 Å². The van der Waals surface area contributed by atoms with E-state index >= 15 is 4.39 Å². The number of methoxy groups -OCH3 is 2. The van der Waals surface area contributed by atoms with E-state index in [1.54, 1.807) is 20.3 Å². The Bertz CT molecular complexity index is 1500. The van der Waals surface area contributed by atoms with Crippen LogP contribution in [0.15, 0.2) is 79.0 Å². The van der Waals surface area contributed by atoms with Crippen LogP contribution in [0.2, 0.25) is 0 Å². The van der Waals surface area contributed by atoms with E-state index in [2.05, 4.69) is 91.2 Å². The van der Waals surface area contributed by atoms with Gasteiger partial charge in [-0.2, -0.15) is 4.98 Å². The number of hydrogen-bond donors (Lipinski definition) is 1. The first-order valence-corrected chi connectivity index (χ1v) is 14.7. The van der Waals surface area contributed by atoms with Gasteiger partial charge >= 0.3 is 0 Å². The second-order valence-corrected chi connectivity index (χ2v) is 12.5. The molecule has 43 heavy (non-hydrogen) atoms. The molecule has 1 aromatic heterocycles. The Balaban J connectivity index is 1.51. The topological polar surface area (TPSA) is 62.8 Å². The Morgan fingerprint density at radius 1 is 0.884 bits per heavy atom. The summed E-state index contributed by atoms with van der Waals surface area (Å²) in [6.07, 6.45) is 2.96. The molecule has 7 nitrogen and oxygen atoms in total. The van der Waals surface area contributed by atoms with Gasteiger partial charge < -0.3 is 19.7 Å². The molecule has 0 amide bonds. The third-order valence-corrected chi connectivity index (χ3v) is 8.75. The van der Waals surface area contributed by atoms with Gasteiger partial charge in [0.2, 0.25) is 5.95 Å². The quantitative estimate of drug-likeness (QED) is 0.217. The molecule has 4 aromatic rings.